The minimum Gasteiger partial charge on any atom is -0.339 e. The van der Waals surface area contributed by atoms with Gasteiger partial charge >= 0.3 is 0 Å². The summed E-state index contributed by atoms with van der Waals surface area (Å²) in [6.07, 6.45) is 0. The van der Waals surface area contributed by atoms with Gasteiger partial charge in [0.2, 0.25) is 5.28 Å². The van der Waals surface area contributed by atoms with Gasteiger partial charge in [-0.2, -0.15) is 0 Å². The lowest BCUT2D eigenvalue weighted by atomic mass is 10.1. The first kappa shape index (κ1) is 13.9. The van der Waals surface area contributed by atoms with Crippen molar-refractivity contribution >= 4 is 28.5 Å². The van der Waals surface area contributed by atoms with Crippen LogP contribution in [-0.2, 0) is 6.54 Å². The van der Waals surface area contributed by atoms with Crippen molar-refractivity contribution in [3.63, 3.8) is 0 Å². The molecule has 0 radical (unpaired) electrons. The Morgan fingerprint density at radius 1 is 1.32 bits per heavy atom. The van der Waals surface area contributed by atoms with Gasteiger partial charge in [-0.1, -0.05) is 0 Å². The first-order valence-corrected chi connectivity index (χ1v) is 6.95. The Morgan fingerprint density at radius 3 is 2.58 bits per heavy atom. The van der Waals surface area contributed by atoms with Crippen molar-refractivity contribution in [2.45, 2.75) is 27.3 Å². The third-order valence-corrected chi connectivity index (χ3v) is 3.60. The number of aryl methyl sites for hydroxylation is 1. The molecule has 0 unspecified atom stereocenters. The van der Waals surface area contributed by atoms with Crippen molar-refractivity contribution in [3.05, 3.63) is 29.0 Å². The molecule has 0 saturated carbocycles. The average molecular weight is 280 g/mol. The van der Waals surface area contributed by atoms with Crippen LogP contribution in [0.1, 0.15) is 31.1 Å². The van der Waals surface area contributed by atoms with E-state index in [9.17, 15) is 4.79 Å². The van der Waals surface area contributed by atoms with Gasteiger partial charge in [-0.05, 0) is 50.6 Å². The Labute approximate surface area is 118 Å². The van der Waals surface area contributed by atoms with E-state index in [4.69, 9.17) is 11.6 Å². The summed E-state index contributed by atoms with van der Waals surface area (Å²) in [4.78, 5) is 18.4. The van der Waals surface area contributed by atoms with E-state index in [1.54, 1.807) is 4.90 Å². The Morgan fingerprint density at radius 2 is 2.00 bits per heavy atom. The molecule has 0 spiro atoms. The topological polar surface area (TPSA) is 38.1 Å². The lowest BCUT2D eigenvalue weighted by molar-refractivity contribution is 0.0773. The van der Waals surface area contributed by atoms with Crippen molar-refractivity contribution in [1.29, 1.82) is 0 Å². The van der Waals surface area contributed by atoms with Gasteiger partial charge in [-0.3, -0.25) is 4.79 Å². The quantitative estimate of drug-likeness (QED) is 0.862. The fourth-order valence-electron chi connectivity index (χ4n) is 2.23. The van der Waals surface area contributed by atoms with Crippen LogP contribution in [0, 0.1) is 0 Å². The highest BCUT2D eigenvalue weighted by atomic mass is 35.5. The molecule has 0 bridgehead atoms. The average Bonchev–Trinajstić information content (AvgIpc) is 2.74. The van der Waals surface area contributed by atoms with E-state index in [1.807, 2.05) is 43.5 Å². The number of nitrogens with zero attached hydrogens (tertiary/aromatic N) is 3. The predicted molar refractivity (Wildman–Crippen MR) is 77.7 cm³/mol. The van der Waals surface area contributed by atoms with Gasteiger partial charge < -0.3 is 9.47 Å². The van der Waals surface area contributed by atoms with Crippen molar-refractivity contribution in [1.82, 2.24) is 14.5 Å². The summed E-state index contributed by atoms with van der Waals surface area (Å²) >= 11 is 6.07. The van der Waals surface area contributed by atoms with E-state index in [0.717, 1.165) is 17.6 Å². The highest BCUT2D eigenvalue weighted by Crippen LogP contribution is 2.21. The predicted octanol–water partition coefficient (Wildman–Crippen LogP) is 3.19. The van der Waals surface area contributed by atoms with Gasteiger partial charge in [0, 0.05) is 25.2 Å². The molecule has 2 aromatic rings. The first-order valence-electron chi connectivity index (χ1n) is 6.57. The second kappa shape index (κ2) is 5.61. The Bertz CT molecular complexity index is 602. The molecule has 0 aliphatic heterocycles. The van der Waals surface area contributed by atoms with Gasteiger partial charge in [-0.15, -0.1) is 0 Å². The molecule has 0 atom stereocenters. The second-order valence-electron chi connectivity index (χ2n) is 4.31. The minimum atomic E-state index is 0.0362. The number of benzene rings is 1. The molecule has 4 nitrogen and oxygen atoms in total. The summed E-state index contributed by atoms with van der Waals surface area (Å²) < 4.78 is 1.92. The van der Waals surface area contributed by atoms with Crippen LogP contribution < -0.4 is 0 Å². The number of hydrogen-bond donors (Lipinski definition) is 0. The zero-order chi connectivity index (χ0) is 14.0. The number of imidazole rings is 1. The molecule has 102 valence electrons. The summed E-state index contributed by atoms with van der Waals surface area (Å²) in [5.74, 6) is 0.0362. The molecule has 1 amide bonds. The van der Waals surface area contributed by atoms with Gasteiger partial charge in [-0.25, -0.2) is 4.98 Å². The number of halogens is 1. The van der Waals surface area contributed by atoms with Crippen molar-refractivity contribution in [2.24, 2.45) is 0 Å². The molecule has 1 aromatic heterocycles. The van der Waals surface area contributed by atoms with Gasteiger partial charge in [0.05, 0.1) is 11.0 Å². The Hall–Kier alpha value is -1.55. The van der Waals surface area contributed by atoms with Gasteiger partial charge in [0.25, 0.3) is 5.91 Å². The summed E-state index contributed by atoms with van der Waals surface area (Å²) in [5, 5.41) is 0.463. The number of aromatic nitrogens is 2. The zero-order valence-electron chi connectivity index (χ0n) is 11.5. The summed E-state index contributed by atoms with van der Waals surface area (Å²) in [5.41, 5.74) is 2.39. The largest absolute Gasteiger partial charge is 0.339 e. The molecule has 19 heavy (non-hydrogen) atoms. The molecule has 1 heterocycles. The fraction of sp³-hybridized carbons (Fsp3) is 0.429. The maximum Gasteiger partial charge on any atom is 0.253 e. The lowest BCUT2D eigenvalue weighted by Gasteiger charge is -2.18. The highest BCUT2D eigenvalue weighted by molar-refractivity contribution is 6.29. The number of carbonyl (C=O) groups excluding carboxylic acids is 1. The van der Waals surface area contributed by atoms with Crippen LogP contribution in [0.15, 0.2) is 18.2 Å². The van der Waals surface area contributed by atoms with E-state index in [0.29, 0.717) is 23.9 Å². The van der Waals surface area contributed by atoms with Crippen LogP contribution in [0.2, 0.25) is 5.28 Å². The fourth-order valence-corrected chi connectivity index (χ4v) is 2.53. The Balaban J connectivity index is 2.45. The summed E-state index contributed by atoms with van der Waals surface area (Å²) in [6.45, 7) is 8.14. The van der Waals surface area contributed by atoms with Gasteiger partial charge in [0.15, 0.2) is 0 Å². The molecular weight excluding hydrogens is 262 g/mol. The van der Waals surface area contributed by atoms with E-state index in [-0.39, 0.29) is 5.91 Å². The van der Waals surface area contributed by atoms with Crippen LogP contribution in [-0.4, -0.2) is 33.4 Å². The number of amides is 1. The number of rotatable bonds is 4. The van der Waals surface area contributed by atoms with Crippen LogP contribution in [0.4, 0.5) is 0 Å². The lowest BCUT2D eigenvalue weighted by Crippen LogP contribution is -2.30. The maximum atomic E-state index is 12.3. The molecule has 0 saturated heterocycles. The minimum absolute atomic E-state index is 0.0362. The van der Waals surface area contributed by atoms with Crippen molar-refractivity contribution in [2.75, 3.05) is 13.1 Å². The third kappa shape index (κ3) is 2.45. The summed E-state index contributed by atoms with van der Waals surface area (Å²) in [6, 6.07) is 5.57. The molecule has 5 heteroatoms. The second-order valence-corrected chi connectivity index (χ2v) is 4.64. The highest BCUT2D eigenvalue weighted by Gasteiger charge is 2.15. The summed E-state index contributed by atoms with van der Waals surface area (Å²) in [7, 11) is 0. The first-order chi connectivity index (χ1) is 9.12. The van der Waals surface area contributed by atoms with Gasteiger partial charge in [0.1, 0.15) is 0 Å². The number of hydrogen-bond acceptors (Lipinski definition) is 2. The molecule has 2 rings (SSSR count). The molecule has 1 aromatic carbocycles. The Kier molecular flexibility index (Phi) is 4.10. The van der Waals surface area contributed by atoms with Crippen LogP contribution in [0.5, 0.6) is 0 Å². The van der Waals surface area contributed by atoms with E-state index in [2.05, 4.69) is 4.98 Å². The smallest absolute Gasteiger partial charge is 0.253 e. The SMILES string of the molecule is CCN(CC)C(=O)c1ccc2c(c1)nc(Cl)n2CC. The van der Waals surface area contributed by atoms with Crippen molar-refractivity contribution in [3.8, 4) is 0 Å². The zero-order valence-corrected chi connectivity index (χ0v) is 12.2. The monoisotopic (exact) mass is 279 g/mol. The molecule has 0 aliphatic rings. The van der Waals surface area contributed by atoms with E-state index >= 15 is 0 Å². The number of fused-ring (bicyclic) bond motifs is 1. The van der Waals surface area contributed by atoms with Crippen molar-refractivity contribution < 1.29 is 4.79 Å². The molecule has 0 aliphatic carbocycles. The molecule has 0 fully saturated rings. The standard InChI is InChI=1S/C14H18ClN3O/c1-4-17(5-2)13(19)10-7-8-12-11(9-10)16-14(15)18(12)6-3/h7-9H,4-6H2,1-3H3. The maximum absolute atomic E-state index is 12.3. The number of carbonyl (C=O) groups is 1. The van der Waals surface area contributed by atoms with Crippen LogP contribution >= 0.6 is 11.6 Å². The van der Waals surface area contributed by atoms with E-state index < -0.39 is 0 Å². The molecule has 0 N–H and O–H groups in total. The normalized spacial score (nSPS) is 10.9. The van der Waals surface area contributed by atoms with Crippen LogP contribution in [0.3, 0.4) is 0 Å². The van der Waals surface area contributed by atoms with Crippen LogP contribution in [0.25, 0.3) is 11.0 Å². The van der Waals surface area contributed by atoms with E-state index in [1.165, 1.54) is 0 Å². The molecular formula is C14H18ClN3O. The third-order valence-electron chi connectivity index (χ3n) is 3.32.